The third-order valence-corrected chi connectivity index (χ3v) is 10.9. The quantitative estimate of drug-likeness (QED) is 0.368. The average molecular weight is 556 g/mol. The first-order chi connectivity index (χ1) is 14.6. The Balaban J connectivity index is 1.49. The van der Waals surface area contributed by atoms with E-state index in [0.29, 0.717) is 22.4 Å². The van der Waals surface area contributed by atoms with Gasteiger partial charge in [-0.3, -0.25) is 0 Å². The van der Waals surface area contributed by atoms with Crippen LogP contribution in [0.2, 0.25) is 0 Å². The number of hydrogen-bond donors (Lipinski definition) is 2. The number of fused-ring (bicyclic) bond motifs is 2. The van der Waals surface area contributed by atoms with Gasteiger partial charge in [-0.05, 0) is 117 Å². The largest absolute Gasteiger partial charge is 0.397 e. The van der Waals surface area contributed by atoms with Gasteiger partial charge in [0.1, 0.15) is 0 Å². The Labute approximate surface area is 205 Å². The van der Waals surface area contributed by atoms with Crippen LogP contribution in [0.4, 0.5) is 5.69 Å². The van der Waals surface area contributed by atoms with Crippen LogP contribution < -0.4 is 5.73 Å². The lowest BCUT2D eigenvalue weighted by atomic mass is 9.63. The number of nitrogens with two attached hydrogens (primary N) is 1. The van der Waals surface area contributed by atoms with Crippen molar-refractivity contribution in [2.45, 2.75) is 84.2 Å². The molecule has 3 nitrogen and oxygen atoms in total. The summed E-state index contributed by atoms with van der Waals surface area (Å²) in [5.41, 5.74) is 7.98. The second-order valence-electron chi connectivity index (χ2n) is 11.5. The van der Waals surface area contributed by atoms with Crippen LogP contribution in [0.1, 0.15) is 84.1 Å². The van der Waals surface area contributed by atoms with Gasteiger partial charge in [-0.1, -0.05) is 40.0 Å². The van der Waals surface area contributed by atoms with E-state index >= 15 is 0 Å². The van der Waals surface area contributed by atoms with Crippen molar-refractivity contribution in [2.75, 3.05) is 25.4 Å². The molecule has 2 bridgehead atoms. The molecule has 5 heteroatoms. The van der Waals surface area contributed by atoms with Gasteiger partial charge in [-0.15, -0.1) is 0 Å². The van der Waals surface area contributed by atoms with Gasteiger partial charge in [-0.25, -0.2) is 0 Å². The number of likely N-dealkylation sites (tertiary alicyclic amines) is 1. The molecule has 174 valence electrons. The molecule has 2 saturated carbocycles. The molecule has 3 aliphatic rings. The SMILES string of the molecule is CC12CCC(CN(CCCC(O)(c3cc(Br)c(N)c(Br)c3)C3CCCCC3)C1)C2(C)C. The standard InChI is InChI=1S/C26H40Br2N2O/c1-24(2)19-10-12-25(24,3)17-30(16-19)13-7-11-26(31,18-8-5-4-6-9-18)20-14-21(27)23(29)22(28)15-20/h14-15,18-19,31H,4-13,16-17,29H2,1-3H3. The number of nitrogens with zero attached hydrogens (tertiary/aromatic N) is 1. The highest BCUT2D eigenvalue weighted by atomic mass is 79.9. The van der Waals surface area contributed by atoms with E-state index in [9.17, 15) is 5.11 Å². The zero-order valence-electron chi connectivity index (χ0n) is 19.5. The third-order valence-electron chi connectivity index (χ3n) is 9.56. The fourth-order valence-electron chi connectivity index (χ4n) is 6.88. The molecule has 3 atom stereocenters. The van der Waals surface area contributed by atoms with Gasteiger partial charge in [0.25, 0.3) is 0 Å². The predicted octanol–water partition coefficient (Wildman–Crippen LogP) is 7.10. The fourth-order valence-corrected chi connectivity index (χ4v) is 8.07. The molecule has 31 heavy (non-hydrogen) atoms. The Morgan fingerprint density at radius 1 is 1.10 bits per heavy atom. The summed E-state index contributed by atoms with van der Waals surface area (Å²) in [7, 11) is 0. The van der Waals surface area contributed by atoms with E-state index in [2.05, 4.69) is 69.7 Å². The van der Waals surface area contributed by atoms with Crippen LogP contribution in [-0.2, 0) is 5.60 Å². The first-order valence-corrected chi connectivity index (χ1v) is 13.9. The van der Waals surface area contributed by atoms with E-state index in [0.717, 1.165) is 52.7 Å². The Morgan fingerprint density at radius 2 is 1.74 bits per heavy atom. The van der Waals surface area contributed by atoms with Crippen LogP contribution in [0.25, 0.3) is 0 Å². The van der Waals surface area contributed by atoms with Crippen LogP contribution in [0, 0.1) is 22.7 Å². The van der Waals surface area contributed by atoms with Crippen molar-refractivity contribution in [1.29, 1.82) is 0 Å². The number of halogens is 2. The minimum absolute atomic E-state index is 0.331. The van der Waals surface area contributed by atoms with E-state index in [4.69, 9.17) is 5.73 Å². The lowest BCUT2D eigenvalue weighted by Crippen LogP contribution is -2.52. The topological polar surface area (TPSA) is 49.5 Å². The van der Waals surface area contributed by atoms with Gasteiger partial charge in [0.05, 0.1) is 11.3 Å². The highest BCUT2D eigenvalue weighted by Gasteiger charge is 2.55. The summed E-state index contributed by atoms with van der Waals surface area (Å²) in [6, 6.07) is 4.11. The van der Waals surface area contributed by atoms with E-state index < -0.39 is 5.60 Å². The van der Waals surface area contributed by atoms with E-state index in [-0.39, 0.29) is 0 Å². The maximum atomic E-state index is 12.1. The number of nitrogen functional groups attached to an aromatic ring is 1. The van der Waals surface area contributed by atoms with Gasteiger partial charge < -0.3 is 15.7 Å². The first-order valence-electron chi connectivity index (χ1n) is 12.3. The fraction of sp³-hybridized carbons (Fsp3) is 0.769. The second-order valence-corrected chi connectivity index (χ2v) is 13.2. The molecule has 0 aromatic heterocycles. The number of benzene rings is 1. The molecule has 0 amide bonds. The normalized spacial score (nSPS) is 31.0. The van der Waals surface area contributed by atoms with Gasteiger partial charge >= 0.3 is 0 Å². The van der Waals surface area contributed by atoms with Crippen LogP contribution in [0.5, 0.6) is 0 Å². The van der Waals surface area contributed by atoms with Crippen molar-refractivity contribution < 1.29 is 5.11 Å². The molecule has 1 aromatic carbocycles. The van der Waals surface area contributed by atoms with E-state index in [1.807, 2.05) is 0 Å². The first kappa shape index (κ1) is 24.0. The molecule has 1 aromatic rings. The van der Waals surface area contributed by atoms with Crippen LogP contribution >= 0.6 is 31.9 Å². The van der Waals surface area contributed by atoms with Crippen LogP contribution in [0.3, 0.4) is 0 Å². The van der Waals surface area contributed by atoms with Gasteiger partial charge in [0, 0.05) is 22.0 Å². The van der Waals surface area contributed by atoms with Crippen LogP contribution in [0.15, 0.2) is 21.1 Å². The minimum atomic E-state index is -0.781. The molecule has 3 fully saturated rings. The van der Waals surface area contributed by atoms with Crippen molar-refractivity contribution in [1.82, 2.24) is 4.90 Å². The van der Waals surface area contributed by atoms with E-state index in [1.165, 1.54) is 45.2 Å². The van der Waals surface area contributed by atoms with Crippen molar-refractivity contribution in [3.8, 4) is 0 Å². The van der Waals surface area contributed by atoms with Crippen molar-refractivity contribution >= 4 is 37.5 Å². The molecule has 3 N–H and O–H groups in total. The lowest BCUT2D eigenvalue weighted by molar-refractivity contribution is -0.0546. The Bertz CT molecular complexity index is 784. The number of hydrogen-bond acceptors (Lipinski definition) is 3. The lowest BCUT2D eigenvalue weighted by Gasteiger charge is -2.50. The molecule has 0 spiro atoms. The summed E-state index contributed by atoms with van der Waals surface area (Å²) in [5.74, 6) is 1.14. The third kappa shape index (κ3) is 4.38. The molecule has 3 unspecified atom stereocenters. The van der Waals surface area contributed by atoms with Gasteiger partial charge in [0.2, 0.25) is 0 Å². The maximum absolute atomic E-state index is 12.1. The van der Waals surface area contributed by atoms with Crippen molar-refractivity contribution in [3.63, 3.8) is 0 Å². The van der Waals surface area contributed by atoms with Crippen molar-refractivity contribution in [2.24, 2.45) is 22.7 Å². The molecule has 4 rings (SSSR count). The zero-order chi connectivity index (χ0) is 22.4. The summed E-state index contributed by atoms with van der Waals surface area (Å²) in [5, 5.41) is 12.1. The smallest absolute Gasteiger partial charge is 0.0925 e. The number of aliphatic hydroxyl groups is 1. The molecule has 1 heterocycles. The summed E-state index contributed by atoms with van der Waals surface area (Å²) in [6.07, 6.45) is 10.6. The maximum Gasteiger partial charge on any atom is 0.0925 e. The predicted molar refractivity (Wildman–Crippen MR) is 137 cm³/mol. The number of piperidine rings is 1. The Hall–Kier alpha value is -0.100. The minimum Gasteiger partial charge on any atom is -0.397 e. The summed E-state index contributed by atoms with van der Waals surface area (Å²) >= 11 is 7.21. The van der Waals surface area contributed by atoms with Crippen molar-refractivity contribution in [3.05, 3.63) is 26.6 Å². The van der Waals surface area contributed by atoms with Crippen LogP contribution in [-0.4, -0.2) is 29.6 Å². The molecule has 0 radical (unpaired) electrons. The monoisotopic (exact) mass is 554 g/mol. The highest BCUT2D eigenvalue weighted by Crippen LogP contribution is 2.59. The highest BCUT2D eigenvalue weighted by molar-refractivity contribution is 9.11. The summed E-state index contributed by atoms with van der Waals surface area (Å²) < 4.78 is 1.74. The molecule has 2 aliphatic carbocycles. The molecular weight excluding hydrogens is 516 g/mol. The van der Waals surface area contributed by atoms with Gasteiger partial charge in [0.15, 0.2) is 0 Å². The number of rotatable bonds is 6. The number of anilines is 1. The summed E-state index contributed by atoms with van der Waals surface area (Å²) in [4.78, 5) is 2.69. The zero-order valence-corrected chi connectivity index (χ0v) is 22.7. The molecular formula is C26H40Br2N2O. The molecule has 1 saturated heterocycles. The Morgan fingerprint density at radius 3 is 2.35 bits per heavy atom. The van der Waals surface area contributed by atoms with Gasteiger partial charge in [-0.2, -0.15) is 0 Å². The average Bonchev–Trinajstić information content (AvgIpc) is 2.86. The summed E-state index contributed by atoms with van der Waals surface area (Å²) in [6.45, 7) is 11.0. The second kappa shape index (κ2) is 8.92. The Kier molecular flexibility index (Phi) is 6.92. The van der Waals surface area contributed by atoms with E-state index in [1.54, 1.807) is 0 Å². The molecule has 1 aliphatic heterocycles.